The molecule has 9 nitrogen and oxygen atoms in total. The standard InChI is InChI=1S/C16H13ClN6O3/c1-10-2-4-11(5-3-10)16-19-21-22(20-16)9-15(24)18-13-7-6-12(17)8-14(13)23(25)26/h2-8H,9H2,1H3,(H,18,24). The average molecular weight is 373 g/mol. The first-order valence-corrected chi connectivity index (χ1v) is 7.89. The van der Waals surface area contributed by atoms with Gasteiger partial charge in [-0.1, -0.05) is 41.4 Å². The number of halogens is 1. The van der Waals surface area contributed by atoms with Crippen molar-refractivity contribution < 1.29 is 9.72 Å². The number of benzene rings is 2. The highest BCUT2D eigenvalue weighted by Crippen LogP contribution is 2.27. The Kier molecular flexibility index (Phi) is 4.90. The first kappa shape index (κ1) is 17.5. The number of nitro groups is 1. The fraction of sp³-hybridized carbons (Fsp3) is 0.125. The number of aromatic nitrogens is 4. The third kappa shape index (κ3) is 4.01. The number of nitrogens with one attached hydrogen (secondary N) is 1. The van der Waals surface area contributed by atoms with Crippen LogP contribution in [0.5, 0.6) is 0 Å². The molecule has 1 amide bonds. The summed E-state index contributed by atoms with van der Waals surface area (Å²) in [5, 5.41) is 25.6. The maximum atomic E-state index is 12.1. The van der Waals surface area contributed by atoms with Crippen molar-refractivity contribution in [3.05, 3.63) is 63.2 Å². The van der Waals surface area contributed by atoms with Gasteiger partial charge in [0.25, 0.3) is 5.69 Å². The second-order valence-electron chi connectivity index (χ2n) is 5.48. The summed E-state index contributed by atoms with van der Waals surface area (Å²) in [6.07, 6.45) is 0. The Balaban J connectivity index is 1.71. The van der Waals surface area contributed by atoms with Gasteiger partial charge >= 0.3 is 0 Å². The van der Waals surface area contributed by atoms with E-state index in [0.29, 0.717) is 5.82 Å². The molecule has 3 aromatic rings. The molecule has 0 spiro atoms. The summed E-state index contributed by atoms with van der Waals surface area (Å²) in [7, 11) is 0. The maximum absolute atomic E-state index is 12.1. The fourth-order valence-corrected chi connectivity index (χ4v) is 2.37. The molecule has 1 N–H and O–H groups in total. The summed E-state index contributed by atoms with van der Waals surface area (Å²) < 4.78 is 0. The van der Waals surface area contributed by atoms with E-state index in [1.54, 1.807) is 0 Å². The molecule has 0 fully saturated rings. The number of carbonyl (C=O) groups excluding carboxylic acids is 1. The lowest BCUT2D eigenvalue weighted by Gasteiger charge is -2.05. The van der Waals surface area contributed by atoms with E-state index in [2.05, 4.69) is 20.7 Å². The van der Waals surface area contributed by atoms with Gasteiger partial charge in [-0.25, -0.2) is 0 Å². The molecule has 0 aliphatic rings. The van der Waals surface area contributed by atoms with Gasteiger partial charge in [0.2, 0.25) is 11.7 Å². The summed E-state index contributed by atoms with van der Waals surface area (Å²) in [5.41, 5.74) is 1.63. The second kappa shape index (κ2) is 7.28. The van der Waals surface area contributed by atoms with Gasteiger partial charge in [0, 0.05) is 16.7 Å². The smallest absolute Gasteiger partial charge is 0.294 e. The zero-order valence-corrected chi connectivity index (χ0v) is 14.3. The quantitative estimate of drug-likeness (QED) is 0.543. The Morgan fingerprint density at radius 3 is 2.69 bits per heavy atom. The van der Waals surface area contributed by atoms with Crippen molar-refractivity contribution in [2.75, 3.05) is 5.32 Å². The number of anilines is 1. The molecule has 132 valence electrons. The van der Waals surface area contributed by atoms with Crippen LogP contribution in [0, 0.1) is 17.0 Å². The van der Waals surface area contributed by atoms with Crippen LogP contribution in [-0.2, 0) is 11.3 Å². The molecule has 0 saturated heterocycles. The van der Waals surface area contributed by atoms with Crippen molar-refractivity contribution in [3.8, 4) is 11.4 Å². The van der Waals surface area contributed by atoms with Gasteiger partial charge in [0.05, 0.1) is 4.92 Å². The van der Waals surface area contributed by atoms with Crippen LogP contribution in [0.2, 0.25) is 5.02 Å². The van der Waals surface area contributed by atoms with Crippen LogP contribution in [0.1, 0.15) is 5.56 Å². The molecule has 0 bridgehead atoms. The highest BCUT2D eigenvalue weighted by atomic mass is 35.5. The number of nitro benzene ring substituents is 1. The van der Waals surface area contributed by atoms with Crippen molar-refractivity contribution in [1.29, 1.82) is 0 Å². The van der Waals surface area contributed by atoms with Crippen molar-refractivity contribution in [2.45, 2.75) is 13.5 Å². The molecule has 0 unspecified atom stereocenters. The van der Waals surface area contributed by atoms with Crippen LogP contribution in [0.3, 0.4) is 0 Å². The van der Waals surface area contributed by atoms with Crippen LogP contribution in [-0.4, -0.2) is 31.0 Å². The summed E-state index contributed by atoms with van der Waals surface area (Å²) in [4.78, 5) is 23.7. The minimum absolute atomic E-state index is 0.0447. The predicted octanol–water partition coefficient (Wildman–Crippen LogP) is 2.85. The predicted molar refractivity (Wildman–Crippen MR) is 94.7 cm³/mol. The fourth-order valence-electron chi connectivity index (χ4n) is 2.21. The highest BCUT2D eigenvalue weighted by Gasteiger charge is 2.17. The van der Waals surface area contributed by atoms with Crippen LogP contribution in [0.15, 0.2) is 42.5 Å². The van der Waals surface area contributed by atoms with E-state index < -0.39 is 10.8 Å². The number of carbonyl (C=O) groups is 1. The molecule has 1 heterocycles. The van der Waals surface area contributed by atoms with Crippen LogP contribution < -0.4 is 5.32 Å². The molecule has 26 heavy (non-hydrogen) atoms. The Labute approximate surface area is 152 Å². The van der Waals surface area contributed by atoms with E-state index >= 15 is 0 Å². The molecule has 0 aliphatic carbocycles. The van der Waals surface area contributed by atoms with Gasteiger partial charge in [-0.3, -0.25) is 14.9 Å². The first-order chi connectivity index (χ1) is 12.4. The lowest BCUT2D eigenvalue weighted by Crippen LogP contribution is -2.21. The average Bonchev–Trinajstić information content (AvgIpc) is 3.05. The molecule has 0 atom stereocenters. The van der Waals surface area contributed by atoms with E-state index in [1.165, 1.54) is 18.2 Å². The van der Waals surface area contributed by atoms with Gasteiger partial charge in [-0.15, -0.1) is 10.2 Å². The van der Waals surface area contributed by atoms with Gasteiger partial charge in [-0.2, -0.15) is 4.80 Å². The molecular weight excluding hydrogens is 360 g/mol. The van der Waals surface area contributed by atoms with Crippen molar-refractivity contribution >= 4 is 28.9 Å². The van der Waals surface area contributed by atoms with E-state index in [9.17, 15) is 14.9 Å². The number of nitrogens with zero attached hydrogens (tertiary/aromatic N) is 5. The molecule has 2 aromatic carbocycles. The van der Waals surface area contributed by atoms with Crippen molar-refractivity contribution in [1.82, 2.24) is 20.2 Å². The Bertz CT molecular complexity index is 970. The molecule has 1 aromatic heterocycles. The maximum Gasteiger partial charge on any atom is 0.294 e. The number of tetrazole rings is 1. The van der Waals surface area contributed by atoms with Gasteiger partial charge in [0.1, 0.15) is 12.2 Å². The third-order valence-corrected chi connectivity index (χ3v) is 3.71. The lowest BCUT2D eigenvalue weighted by molar-refractivity contribution is -0.383. The second-order valence-corrected chi connectivity index (χ2v) is 5.91. The Hall–Kier alpha value is -3.33. The monoisotopic (exact) mass is 372 g/mol. The SMILES string of the molecule is Cc1ccc(-c2nnn(CC(=O)Nc3ccc(Cl)cc3[N+](=O)[O-])n2)cc1. The number of amides is 1. The molecule has 0 saturated carbocycles. The third-order valence-electron chi connectivity index (χ3n) is 3.48. The van der Waals surface area contributed by atoms with Gasteiger partial charge in [-0.05, 0) is 24.3 Å². The molecule has 0 radical (unpaired) electrons. The number of hydrogen-bond donors (Lipinski definition) is 1. The molecule has 3 rings (SSSR count). The normalized spacial score (nSPS) is 10.5. The largest absolute Gasteiger partial charge is 0.319 e. The van der Waals surface area contributed by atoms with Gasteiger partial charge < -0.3 is 5.32 Å². The minimum Gasteiger partial charge on any atom is -0.319 e. The minimum atomic E-state index is -0.620. The number of hydrogen-bond acceptors (Lipinski definition) is 6. The molecular formula is C16H13ClN6O3. The number of aryl methyl sites for hydroxylation is 1. The van der Waals surface area contributed by atoms with Crippen LogP contribution in [0.4, 0.5) is 11.4 Å². The Morgan fingerprint density at radius 2 is 2.00 bits per heavy atom. The number of rotatable bonds is 5. The van der Waals surface area contributed by atoms with Gasteiger partial charge in [0.15, 0.2) is 0 Å². The summed E-state index contributed by atoms with van der Waals surface area (Å²) in [5.74, 6) is -0.140. The van der Waals surface area contributed by atoms with E-state index in [0.717, 1.165) is 15.9 Å². The van der Waals surface area contributed by atoms with Crippen molar-refractivity contribution in [3.63, 3.8) is 0 Å². The lowest BCUT2D eigenvalue weighted by atomic mass is 10.1. The highest BCUT2D eigenvalue weighted by molar-refractivity contribution is 6.31. The van der Waals surface area contributed by atoms with Crippen LogP contribution >= 0.6 is 11.6 Å². The first-order valence-electron chi connectivity index (χ1n) is 7.51. The molecule has 10 heteroatoms. The molecule has 0 aliphatic heterocycles. The van der Waals surface area contributed by atoms with E-state index in [4.69, 9.17) is 11.6 Å². The topological polar surface area (TPSA) is 116 Å². The zero-order valence-electron chi connectivity index (χ0n) is 13.6. The summed E-state index contributed by atoms with van der Waals surface area (Å²) >= 11 is 5.75. The van der Waals surface area contributed by atoms with E-state index in [-0.39, 0.29) is 22.9 Å². The zero-order chi connectivity index (χ0) is 18.7. The van der Waals surface area contributed by atoms with E-state index in [1.807, 2.05) is 31.2 Å². The summed E-state index contributed by atoms with van der Waals surface area (Å²) in [6.45, 7) is 1.73. The summed E-state index contributed by atoms with van der Waals surface area (Å²) in [6, 6.07) is 11.5. The van der Waals surface area contributed by atoms with Crippen LogP contribution in [0.25, 0.3) is 11.4 Å². The van der Waals surface area contributed by atoms with Crippen molar-refractivity contribution in [2.24, 2.45) is 0 Å². The Morgan fingerprint density at radius 1 is 1.27 bits per heavy atom.